The van der Waals surface area contributed by atoms with Crippen LogP contribution in [0, 0.1) is 5.82 Å². The summed E-state index contributed by atoms with van der Waals surface area (Å²) in [5.41, 5.74) is 1.78. The van der Waals surface area contributed by atoms with Crippen molar-refractivity contribution in [1.82, 2.24) is 15.0 Å². The fourth-order valence-electron chi connectivity index (χ4n) is 3.51. The van der Waals surface area contributed by atoms with Gasteiger partial charge in [-0.2, -0.15) is 13.8 Å². The Labute approximate surface area is 183 Å². The van der Waals surface area contributed by atoms with Crippen molar-refractivity contribution in [3.63, 3.8) is 0 Å². The van der Waals surface area contributed by atoms with Gasteiger partial charge in [-0.3, -0.25) is 0 Å². The van der Waals surface area contributed by atoms with Gasteiger partial charge in [0.1, 0.15) is 11.4 Å². The standard InChI is InChI=1S/C22H22F3N5O2/c1-31-20-18(11-15(12-26-20)14-5-7-16(8-6-14)32-21(24)25)28-19-17(23)13-27-22(29-19)30-9-3-2-4-10-30/h5-8,11-13,21H,2-4,9-10H2,1H3,(H,27,28,29). The molecule has 3 heterocycles. The number of nitrogens with zero attached hydrogens (tertiary/aromatic N) is 4. The number of rotatable bonds is 7. The fraction of sp³-hybridized carbons (Fsp3) is 0.318. The molecule has 1 aromatic carbocycles. The van der Waals surface area contributed by atoms with Crippen LogP contribution >= 0.6 is 0 Å². The number of halogens is 3. The molecule has 2 aromatic heterocycles. The predicted molar refractivity (Wildman–Crippen MR) is 114 cm³/mol. The Balaban J connectivity index is 1.61. The molecule has 1 fully saturated rings. The van der Waals surface area contributed by atoms with Crippen LogP contribution in [0.4, 0.5) is 30.6 Å². The first-order valence-electron chi connectivity index (χ1n) is 10.2. The Morgan fingerprint density at radius 3 is 2.44 bits per heavy atom. The van der Waals surface area contributed by atoms with Crippen molar-refractivity contribution in [2.45, 2.75) is 25.9 Å². The highest BCUT2D eigenvalue weighted by atomic mass is 19.3. The van der Waals surface area contributed by atoms with Gasteiger partial charge in [0.25, 0.3) is 0 Å². The Morgan fingerprint density at radius 2 is 1.75 bits per heavy atom. The van der Waals surface area contributed by atoms with E-state index in [4.69, 9.17) is 4.74 Å². The van der Waals surface area contributed by atoms with Gasteiger partial charge in [-0.15, -0.1) is 0 Å². The van der Waals surface area contributed by atoms with Crippen LogP contribution in [-0.2, 0) is 0 Å². The van der Waals surface area contributed by atoms with E-state index in [-0.39, 0.29) is 17.4 Å². The summed E-state index contributed by atoms with van der Waals surface area (Å²) in [4.78, 5) is 14.8. The molecule has 168 valence electrons. The van der Waals surface area contributed by atoms with Crippen molar-refractivity contribution in [2.24, 2.45) is 0 Å². The molecule has 0 unspecified atom stereocenters. The van der Waals surface area contributed by atoms with Crippen LogP contribution in [-0.4, -0.2) is 41.8 Å². The maximum absolute atomic E-state index is 14.5. The first-order chi connectivity index (χ1) is 15.5. The zero-order chi connectivity index (χ0) is 22.5. The van der Waals surface area contributed by atoms with Gasteiger partial charge in [0.05, 0.1) is 13.3 Å². The zero-order valence-corrected chi connectivity index (χ0v) is 17.4. The molecule has 0 amide bonds. The second kappa shape index (κ2) is 9.71. The second-order valence-corrected chi connectivity index (χ2v) is 7.22. The largest absolute Gasteiger partial charge is 0.480 e. The van der Waals surface area contributed by atoms with E-state index in [1.165, 1.54) is 19.2 Å². The summed E-state index contributed by atoms with van der Waals surface area (Å²) < 4.78 is 48.9. The lowest BCUT2D eigenvalue weighted by molar-refractivity contribution is -0.0498. The maximum atomic E-state index is 14.5. The first kappa shape index (κ1) is 21.7. The number of benzene rings is 1. The Kier molecular flexibility index (Phi) is 6.58. The third-order valence-corrected chi connectivity index (χ3v) is 5.08. The third-order valence-electron chi connectivity index (χ3n) is 5.08. The van der Waals surface area contributed by atoms with E-state index in [1.807, 2.05) is 4.90 Å². The average Bonchev–Trinajstić information content (AvgIpc) is 2.81. The third kappa shape index (κ3) is 5.01. The number of ether oxygens (including phenoxy) is 2. The molecule has 1 N–H and O–H groups in total. The summed E-state index contributed by atoms with van der Waals surface area (Å²) in [6, 6.07) is 7.86. The first-order valence-corrected chi connectivity index (χ1v) is 10.2. The van der Waals surface area contributed by atoms with Crippen LogP contribution in [0.1, 0.15) is 19.3 Å². The second-order valence-electron chi connectivity index (χ2n) is 7.22. The molecule has 7 nitrogen and oxygen atoms in total. The van der Waals surface area contributed by atoms with Crippen LogP contribution in [0.2, 0.25) is 0 Å². The van der Waals surface area contributed by atoms with Gasteiger partial charge in [0.15, 0.2) is 11.6 Å². The summed E-state index contributed by atoms with van der Waals surface area (Å²) in [5.74, 6) is 0.178. The lowest BCUT2D eigenvalue weighted by Crippen LogP contribution is -2.31. The molecule has 0 aliphatic carbocycles. The monoisotopic (exact) mass is 445 g/mol. The molecular formula is C22H22F3N5O2. The van der Waals surface area contributed by atoms with E-state index in [9.17, 15) is 13.2 Å². The molecule has 0 saturated carbocycles. The van der Waals surface area contributed by atoms with Gasteiger partial charge < -0.3 is 19.7 Å². The number of piperidine rings is 1. The normalized spacial score (nSPS) is 13.8. The van der Waals surface area contributed by atoms with Crippen molar-refractivity contribution in [1.29, 1.82) is 0 Å². The minimum absolute atomic E-state index is 0.0125. The van der Waals surface area contributed by atoms with Gasteiger partial charge in [0.2, 0.25) is 11.8 Å². The number of alkyl halides is 2. The molecule has 0 radical (unpaired) electrons. The Bertz CT molecular complexity index is 1060. The molecule has 1 saturated heterocycles. The summed E-state index contributed by atoms with van der Waals surface area (Å²) in [7, 11) is 1.46. The van der Waals surface area contributed by atoms with Gasteiger partial charge in [-0.25, -0.2) is 14.4 Å². The Morgan fingerprint density at radius 1 is 1.00 bits per heavy atom. The van der Waals surface area contributed by atoms with E-state index < -0.39 is 12.4 Å². The minimum atomic E-state index is -2.89. The highest BCUT2D eigenvalue weighted by Crippen LogP contribution is 2.32. The number of anilines is 3. The smallest absolute Gasteiger partial charge is 0.387 e. The van der Waals surface area contributed by atoms with Crippen molar-refractivity contribution in [3.8, 4) is 22.8 Å². The van der Waals surface area contributed by atoms with E-state index in [1.54, 1.807) is 24.4 Å². The average molecular weight is 445 g/mol. The maximum Gasteiger partial charge on any atom is 0.387 e. The molecular weight excluding hydrogens is 423 g/mol. The van der Waals surface area contributed by atoms with E-state index in [0.29, 0.717) is 22.8 Å². The molecule has 0 spiro atoms. The van der Waals surface area contributed by atoms with Crippen LogP contribution in [0.5, 0.6) is 11.6 Å². The number of aromatic nitrogens is 3. The number of methoxy groups -OCH3 is 1. The number of pyridine rings is 1. The van der Waals surface area contributed by atoms with Crippen LogP contribution in [0.3, 0.4) is 0 Å². The van der Waals surface area contributed by atoms with Gasteiger partial charge in [0, 0.05) is 24.8 Å². The van der Waals surface area contributed by atoms with Crippen molar-refractivity contribution >= 4 is 17.5 Å². The highest BCUT2D eigenvalue weighted by molar-refractivity contribution is 5.72. The van der Waals surface area contributed by atoms with Crippen LogP contribution in [0.15, 0.2) is 42.7 Å². The summed E-state index contributed by atoms with van der Waals surface area (Å²) in [6.45, 7) is -1.23. The lowest BCUT2D eigenvalue weighted by Gasteiger charge is -2.26. The van der Waals surface area contributed by atoms with E-state index >= 15 is 0 Å². The van der Waals surface area contributed by atoms with Crippen molar-refractivity contribution in [2.75, 3.05) is 30.4 Å². The summed E-state index contributed by atoms with van der Waals surface area (Å²) in [5, 5.41) is 2.95. The fourth-order valence-corrected chi connectivity index (χ4v) is 3.51. The van der Waals surface area contributed by atoms with Gasteiger partial charge in [-0.05, 0) is 43.0 Å². The molecule has 32 heavy (non-hydrogen) atoms. The molecule has 0 bridgehead atoms. The predicted octanol–water partition coefficient (Wildman–Crippen LogP) is 5.02. The topological polar surface area (TPSA) is 72.4 Å². The van der Waals surface area contributed by atoms with Crippen LogP contribution < -0.4 is 19.7 Å². The summed E-state index contributed by atoms with van der Waals surface area (Å²) >= 11 is 0. The molecule has 0 atom stereocenters. The minimum Gasteiger partial charge on any atom is -0.480 e. The SMILES string of the molecule is COc1ncc(-c2ccc(OC(F)F)cc2)cc1Nc1nc(N2CCCCC2)ncc1F. The number of hydrogen-bond acceptors (Lipinski definition) is 7. The van der Waals surface area contributed by atoms with Crippen LogP contribution in [0.25, 0.3) is 11.1 Å². The van der Waals surface area contributed by atoms with Crippen molar-refractivity contribution in [3.05, 3.63) is 48.5 Å². The molecule has 3 aromatic rings. The molecule has 1 aliphatic rings. The molecule has 4 rings (SSSR count). The van der Waals surface area contributed by atoms with E-state index in [0.717, 1.165) is 38.5 Å². The molecule has 10 heteroatoms. The van der Waals surface area contributed by atoms with Gasteiger partial charge >= 0.3 is 6.61 Å². The quantitative estimate of drug-likeness (QED) is 0.547. The Hall–Kier alpha value is -3.56. The summed E-state index contributed by atoms with van der Waals surface area (Å²) in [6.07, 6.45) is 5.97. The number of nitrogens with one attached hydrogen (secondary N) is 1. The van der Waals surface area contributed by atoms with Crippen molar-refractivity contribution < 1.29 is 22.6 Å². The van der Waals surface area contributed by atoms with E-state index in [2.05, 4.69) is 25.0 Å². The highest BCUT2D eigenvalue weighted by Gasteiger charge is 2.17. The zero-order valence-electron chi connectivity index (χ0n) is 17.4. The van der Waals surface area contributed by atoms with Gasteiger partial charge in [-0.1, -0.05) is 12.1 Å². The lowest BCUT2D eigenvalue weighted by atomic mass is 10.1. The molecule has 1 aliphatic heterocycles. The number of hydrogen-bond donors (Lipinski definition) is 1.